The van der Waals surface area contributed by atoms with Gasteiger partial charge in [-0.15, -0.1) is 0 Å². The molecule has 120 valence electrons. The standard InChI is InChI=1S/C22H32/c1-16-21(18-10-4-5-11-18)14-20(17-8-2-3-9-17)15-22(16)19-12-6-7-13-19/h14-15,17-20H,1-13H2. The van der Waals surface area contributed by atoms with E-state index in [2.05, 4.69) is 18.7 Å². The maximum atomic E-state index is 4.59. The van der Waals surface area contributed by atoms with E-state index in [0.29, 0.717) is 0 Å². The van der Waals surface area contributed by atoms with Crippen LogP contribution in [-0.4, -0.2) is 0 Å². The third kappa shape index (κ3) is 2.74. The Bertz CT molecular complexity index is 438. The first-order chi connectivity index (χ1) is 10.8. The molecule has 3 saturated carbocycles. The predicted octanol–water partition coefficient (Wildman–Crippen LogP) is 6.60. The van der Waals surface area contributed by atoms with Gasteiger partial charge < -0.3 is 0 Å². The summed E-state index contributed by atoms with van der Waals surface area (Å²) >= 11 is 0. The molecule has 0 amide bonds. The number of allylic oxidation sites excluding steroid dienone is 5. The monoisotopic (exact) mass is 296 g/mol. The van der Waals surface area contributed by atoms with Crippen molar-refractivity contribution in [3.8, 4) is 0 Å². The van der Waals surface area contributed by atoms with Crippen LogP contribution in [-0.2, 0) is 0 Å². The molecule has 0 aromatic carbocycles. The molecule has 0 saturated heterocycles. The van der Waals surface area contributed by atoms with E-state index < -0.39 is 0 Å². The molecule has 0 heteroatoms. The zero-order valence-electron chi connectivity index (χ0n) is 14.2. The second-order valence-electron chi connectivity index (χ2n) is 8.31. The highest BCUT2D eigenvalue weighted by Crippen LogP contribution is 2.47. The van der Waals surface area contributed by atoms with Crippen LogP contribution < -0.4 is 0 Å². The third-order valence-electron chi connectivity index (χ3n) is 6.98. The van der Waals surface area contributed by atoms with Crippen molar-refractivity contribution in [2.75, 3.05) is 0 Å². The Kier molecular flexibility index (Phi) is 4.29. The Labute approximate surface area is 136 Å². The van der Waals surface area contributed by atoms with Crippen LogP contribution in [0.5, 0.6) is 0 Å². The molecule has 3 fully saturated rings. The van der Waals surface area contributed by atoms with E-state index in [9.17, 15) is 0 Å². The van der Waals surface area contributed by atoms with Crippen molar-refractivity contribution in [2.24, 2.45) is 23.7 Å². The van der Waals surface area contributed by atoms with Gasteiger partial charge in [0.05, 0.1) is 0 Å². The fourth-order valence-electron chi connectivity index (χ4n) is 5.68. The van der Waals surface area contributed by atoms with Crippen molar-refractivity contribution in [1.29, 1.82) is 0 Å². The molecule has 0 spiro atoms. The topological polar surface area (TPSA) is 0 Å². The van der Waals surface area contributed by atoms with E-state index in [-0.39, 0.29) is 0 Å². The highest BCUT2D eigenvalue weighted by atomic mass is 14.4. The molecule has 0 aliphatic heterocycles. The number of hydrogen-bond donors (Lipinski definition) is 0. The van der Waals surface area contributed by atoms with Gasteiger partial charge in [0.1, 0.15) is 0 Å². The van der Waals surface area contributed by atoms with Gasteiger partial charge in [0.15, 0.2) is 0 Å². The summed E-state index contributed by atoms with van der Waals surface area (Å²) in [5.74, 6) is 3.34. The average molecular weight is 296 g/mol. The van der Waals surface area contributed by atoms with Gasteiger partial charge in [0.2, 0.25) is 0 Å². The Morgan fingerprint density at radius 1 is 0.636 bits per heavy atom. The molecule has 0 heterocycles. The van der Waals surface area contributed by atoms with Gasteiger partial charge in [-0.2, -0.15) is 0 Å². The van der Waals surface area contributed by atoms with Crippen LogP contribution in [0.3, 0.4) is 0 Å². The largest absolute Gasteiger partial charge is 0.0912 e. The lowest BCUT2D eigenvalue weighted by Gasteiger charge is -2.32. The molecule has 0 nitrogen and oxygen atoms in total. The Morgan fingerprint density at radius 3 is 1.50 bits per heavy atom. The van der Waals surface area contributed by atoms with Crippen molar-refractivity contribution in [3.05, 3.63) is 35.5 Å². The number of hydrogen-bond acceptors (Lipinski definition) is 0. The lowest BCUT2D eigenvalue weighted by Crippen LogP contribution is -2.19. The molecule has 4 aliphatic rings. The molecule has 0 aromatic heterocycles. The quantitative estimate of drug-likeness (QED) is 0.550. The minimum absolute atomic E-state index is 0.735. The molecule has 4 rings (SSSR count). The molecule has 22 heavy (non-hydrogen) atoms. The SMILES string of the molecule is C=C1C(C2CCCC2)=CC(C2CCCC2)C=C1C1CCCC1. The zero-order valence-corrected chi connectivity index (χ0v) is 14.2. The molecule has 0 atom stereocenters. The molecule has 0 radical (unpaired) electrons. The fourth-order valence-corrected chi connectivity index (χ4v) is 5.68. The van der Waals surface area contributed by atoms with E-state index in [1.807, 2.05) is 0 Å². The van der Waals surface area contributed by atoms with Crippen molar-refractivity contribution >= 4 is 0 Å². The summed E-state index contributed by atoms with van der Waals surface area (Å²) < 4.78 is 0. The predicted molar refractivity (Wildman–Crippen MR) is 94.7 cm³/mol. The van der Waals surface area contributed by atoms with Crippen LogP contribution in [0.1, 0.15) is 77.0 Å². The molecule has 0 aromatic rings. The normalized spacial score (nSPS) is 29.4. The number of rotatable bonds is 3. The van der Waals surface area contributed by atoms with E-state index >= 15 is 0 Å². The van der Waals surface area contributed by atoms with E-state index in [0.717, 1.165) is 23.7 Å². The summed E-state index contributed by atoms with van der Waals surface area (Å²) in [5, 5.41) is 0. The summed E-state index contributed by atoms with van der Waals surface area (Å²) in [7, 11) is 0. The summed E-state index contributed by atoms with van der Waals surface area (Å²) in [6, 6.07) is 0. The molecule has 0 bridgehead atoms. The van der Waals surface area contributed by atoms with Crippen molar-refractivity contribution < 1.29 is 0 Å². The highest BCUT2D eigenvalue weighted by Gasteiger charge is 2.33. The first kappa shape index (κ1) is 14.8. The average Bonchev–Trinajstić information content (AvgIpc) is 3.29. The zero-order chi connectivity index (χ0) is 14.9. The Hall–Kier alpha value is -0.780. The maximum absolute atomic E-state index is 4.59. The minimum Gasteiger partial charge on any atom is -0.0912 e. The summed E-state index contributed by atoms with van der Waals surface area (Å²) in [6.45, 7) is 4.59. The lowest BCUT2D eigenvalue weighted by molar-refractivity contribution is 0.453. The third-order valence-corrected chi connectivity index (χ3v) is 6.98. The van der Waals surface area contributed by atoms with E-state index in [1.165, 1.54) is 82.6 Å². The molecular formula is C22H32. The van der Waals surface area contributed by atoms with Gasteiger partial charge in [0.25, 0.3) is 0 Å². The summed E-state index contributed by atoms with van der Waals surface area (Å²) in [4.78, 5) is 0. The van der Waals surface area contributed by atoms with E-state index in [4.69, 9.17) is 0 Å². The second kappa shape index (κ2) is 6.38. The van der Waals surface area contributed by atoms with Crippen LogP contribution >= 0.6 is 0 Å². The van der Waals surface area contributed by atoms with Gasteiger partial charge in [0, 0.05) is 0 Å². The Balaban J connectivity index is 1.63. The first-order valence-corrected chi connectivity index (χ1v) is 9.96. The summed E-state index contributed by atoms with van der Waals surface area (Å²) in [5.41, 5.74) is 4.81. The highest BCUT2D eigenvalue weighted by molar-refractivity contribution is 5.51. The first-order valence-electron chi connectivity index (χ1n) is 9.96. The minimum atomic E-state index is 0.735. The van der Waals surface area contributed by atoms with Crippen molar-refractivity contribution in [3.63, 3.8) is 0 Å². The van der Waals surface area contributed by atoms with Crippen LogP contribution in [0, 0.1) is 23.7 Å². The van der Waals surface area contributed by atoms with Gasteiger partial charge in [-0.3, -0.25) is 0 Å². The van der Waals surface area contributed by atoms with Crippen LogP contribution in [0.15, 0.2) is 35.5 Å². The van der Waals surface area contributed by atoms with E-state index in [1.54, 1.807) is 11.1 Å². The van der Waals surface area contributed by atoms with Gasteiger partial charge >= 0.3 is 0 Å². The van der Waals surface area contributed by atoms with Crippen molar-refractivity contribution in [1.82, 2.24) is 0 Å². The van der Waals surface area contributed by atoms with Crippen LogP contribution in [0.25, 0.3) is 0 Å². The smallest absolute Gasteiger partial charge is 0.00129 e. The van der Waals surface area contributed by atoms with Crippen LogP contribution in [0.4, 0.5) is 0 Å². The van der Waals surface area contributed by atoms with Gasteiger partial charge in [-0.05, 0) is 78.9 Å². The maximum Gasteiger partial charge on any atom is -0.00129 e. The van der Waals surface area contributed by atoms with Crippen molar-refractivity contribution in [2.45, 2.75) is 77.0 Å². The Morgan fingerprint density at radius 2 is 1.05 bits per heavy atom. The molecular weight excluding hydrogens is 264 g/mol. The van der Waals surface area contributed by atoms with Gasteiger partial charge in [-0.25, -0.2) is 0 Å². The molecule has 0 unspecified atom stereocenters. The summed E-state index contributed by atoms with van der Waals surface area (Å²) in [6.07, 6.45) is 22.6. The lowest BCUT2D eigenvalue weighted by atomic mass is 9.73. The molecule has 0 N–H and O–H groups in total. The van der Waals surface area contributed by atoms with Gasteiger partial charge in [-0.1, -0.05) is 57.3 Å². The fraction of sp³-hybridized carbons (Fsp3) is 0.727. The van der Waals surface area contributed by atoms with Crippen LogP contribution in [0.2, 0.25) is 0 Å². The molecule has 4 aliphatic carbocycles. The second-order valence-corrected chi connectivity index (χ2v) is 8.31.